The summed E-state index contributed by atoms with van der Waals surface area (Å²) >= 11 is 6.23. The Labute approximate surface area is 170 Å². The number of hydrogen-bond donors (Lipinski definition) is 2. The molecule has 2 N–H and O–H groups in total. The molecule has 4 atom stereocenters. The predicted molar refractivity (Wildman–Crippen MR) is 107 cm³/mol. The minimum atomic E-state index is -1.27. The number of hydrogen-bond acceptors (Lipinski definition) is 4. The van der Waals surface area contributed by atoms with E-state index in [4.69, 9.17) is 11.6 Å². The summed E-state index contributed by atoms with van der Waals surface area (Å²) in [5, 5.41) is 6.81. The van der Waals surface area contributed by atoms with E-state index >= 15 is 0 Å². The van der Waals surface area contributed by atoms with Gasteiger partial charge in [0.1, 0.15) is 5.54 Å². The zero-order valence-electron chi connectivity index (χ0n) is 16.8. The van der Waals surface area contributed by atoms with Gasteiger partial charge in [-0.2, -0.15) is 0 Å². The summed E-state index contributed by atoms with van der Waals surface area (Å²) in [6, 6.07) is 4.93. The molecule has 150 valence electrons. The van der Waals surface area contributed by atoms with E-state index in [0.717, 1.165) is 0 Å². The lowest BCUT2D eigenvalue weighted by Gasteiger charge is -2.34. The third kappa shape index (κ3) is 2.47. The number of anilines is 1. The molecule has 0 aliphatic carbocycles. The Balaban J connectivity index is 1.91. The van der Waals surface area contributed by atoms with Crippen LogP contribution < -0.4 is 10.6 Å². The second-order valence-corrected chi connectivity index (χ2v) is 9.96. The molecule has 0 bridgehead atoms. The van der Waals surface area contributed by atoms with Crippen LogP contribution in [0.2, 0.25) is 5.02 Å². The van der Waals surface area contributed by atoms with E-state index in [1.54, 1.807) is 18.2 Å². The maximum absolute atomic E-state index is 13.5. The van der Waals surface area contributed by atoms with Crippen LogP contribution in [0.3, 0.4) is 0 Å². The molecule has 0 aromatic heterocycles. The first-order chi connectivity index (χ1) is 13.0. The molecule has 7 heteroatoms. The van der Waals surface area contributed by atoms with Crippen molar-refractivity contribution in [2.75, 3.05) is 5.32 Å². The first-order valence-electron chi connectivity index (χ1n) is 9.75. The summed E-state index contributed by atoms with van der Waals surface area (Å²) in [5.74, 6) is -1.80. The number of fused-ring (bicyclic) bond motifs is 4. The number of nitrogens with zero attached hydrogens (tertiary/aromatic N) is 1. The first-order valence-corrected chi connectivity index (χ1v) is 10.1. The zero-order valence-corrected chi connectivity index (χ0v) is 17.6. The molecule has 3 heterocycles. The molecule has 6 nitrogen and oxygen atoms in total. The van der Waals surface area contributed by atoms with E-state index in [9.17, 15) is 14.4 Å². The molecule has 0 radical (unpaired) electrons. The number of likely N-dealkylation sites (tertiary alicyclic amines) is 1. The van der Waals surface area contributed by atoms with Gasteiger partial charge in [0, 0.05) is 27.9 Å². The predicted octanol–water partition coefficient (Wildman–Crippen LogP) is 2.91. The van der Waals surface area contributed by atoms with Crippen molar-refractivity contribution < 1.29 is 14.4 Å². The Hall–Kier alpha value is -1.92. The fraction of sp³-hybridized carbons (Fsp3) is 0.571. The Kier molecular flexibility index (Phi) is 4.18. The van der Waals surface area contributed by atoms with Gasteiger partial charge in [0.2, 0.25) is 17.7 Å². The van der Waals surface area contributed by atoms with E-state index in [1.807, 2.05) is 20.8 Å². The van der Waals surface area contributed by atoms with Gasteiger partial charge < -0.3 is 5.32 Å². The van der Waals surface area contributed by atoms with Crippen molar-refractivity contribution in [2.45, 2.75) is 58.2 Å². The van der Waals surface area contributed by atoms with Gasteiger partial charge in [0.15, 0.2) is 0 Å². The average molecular weight is 404 g/mol. The van der Waals surface area contributed by atoms with Crippen LogP contribution >= 0.6 is 11.6 Å². The van der Waals surface area contributed by atoms with Gasteiger partial charge in [0.25, 0.3) is 0 Å². The molecule has 1 aromatic carbocycles. The Morgan fingerprint density at radius 3 is 2.46 bits per heavy atom. The van der Waals surface area contributed by atoms with Crippen molar-refractivity contribution in [1.82, 2.24) is 10.2 Å². The standard InChI is InChI=1S/C21H26ClN3O3/c1-10(2)8-14-15-16(18(27)25(17(15)26)20(3,4)5)21(24-14)12-9-11(22)6-7-13(12)23-19(21)28/h6-7,9-10,14-16,24H,8H2,1-5H3,(H,23,28)/t14?,15-,16+,21?/m1/s1. The number of rotatable bonds is 2. The smallest absolute Gasteiger partial charge is 0.250 e. The van der Waals surface area contributed by atoms with Crippen LogP contribution in [0, 0.1) is 17.8 Å². The topological polar surface area (TPSA) is 78.5 Å². The molecule has 28 heavy (non-hydrogen) atoms. The van der Waals surface area contributed by atoms with Crippen molar-refractivity contribution >= 4 is 35.0 Å². The third-order valence-corrected chi connectivity index (χ3v) is 6.31. The maximum atomic E-state index is 13.5. The lowest BCUT2D eigenvalue weighted by atomic mass is 9.76. The molecule has 2 unspecified atom stereocenters. The Morgan fingerprint density at radius 2 is 1.86 bits per heavy atom. The van der Waals surface area contributed by atoms with E-state index in [1.165, 1.54) is 4.90 Å². The van der Waals surface area contributed by atoms with Crippen molar-refractivity contribution in [3.8, 4) is 0 Å². The van der Waals surface area contributed by atoms with Crippen molar-refractivity contribution in [3.63, 3.8) is 0 Å². The maximum Gasteiger partial charge on any atom is 0.250 e. The highest BCUT2D eigenvalue weighted by Crippen LogP contribution is 2.54. The van der Waals surface area contributed by atoms with Crippen LogP contribution in [0.25, 0.3) is 0 Å². The van der Waals surface area contributed by atoms with Crippen LogP contribution in [0.5, 0.6) is 0 Å². The molecule has 2 saturated heterocycles. The van der Waals surface area contributed by atoms with E-state index < -0.39 is 22.9 Å². The van der Waals surface area contributed by atoms with Crippen LogP contribution in [-0.4, -0.2) is 34.2 Å². The fourth-order valence-electron chi connectivity index (χ4n) is 5.15. The largest absolute Gasteiger partial charge is 0.324 e. The summed E-state index contributed by atoms with van der Waals surface area (Å²) < 4.78 is 0. The number of amides is 3. The lowest BCUT2D eigenvalue weighted by molar-refractivity contribution is -0.147. The summed E-state index contributed by atoms with van der Waals surface area (Å²) in [6.45, 7) is 9.69. The van der Waals surface area contributed by atoms with E-state index in [-0.39, 0.29) is 23.8 Å². The summed E-state index contributed by atoms with van der Waals surface area (Å²) in [5.41, 5.74) is -0.616. The van der Waals surface area contributed by atoms with Crippen molar-refractivity contribution in [3.05, 3.63) is 28.8 Å². The van der Waals surface area contributed by atoms with Gasteiger partial charge in [-0.3, -0.25) is 24.6 Å². The molecule has 1 aromatic rings. The Bertz CT molecular complexity index is 891. The zero-order chi connectivity index (χ0) is 20.6. The molecule has 2 fully saturated rings. The normalized spacial score (nSPS) is 31.8. The molecule has 3 aliphatic rings. The minimum Gasteiger partial charge on any atom is -0.324 e. The first kappa shape index (κ1) is 19.4. The molecule has 0 saturated carbocycles. The van der Waals surface area contributed by atoms with Crippen LogP contribution in [-0.2, 0) is 19.9 Å². The summed E-state index contributed by atoms with van der Waals surface area (Å²) in [7, 11) is 0. The van der Waals surface area contributed by atoms with Gasteiger partial charge in [-0.05, 0) is 51.3 Å². The highest BCUT2D eigenvalue weighted by molar-refractivity contribution is 6.31. The van der Waals surface area contributed by atoms with E-state index in [2.05, 4.69) is 24.5 Å². The quantitative estimate of drug-likeness (QED) is 0.744. The molecular formula is C21H26ClN3O3. The van der Waals surface area contributed by atoms with Crippen LogP contribution in [0.4, 0.5) is 5.69 Å². The summed E-state index contributed by atoms with van der Waals surface area (Å²) in [6.07, 6.45) is 0.698. The molecular weight excluding hydrogens is 378 g/mol. The molecule has 3 amide bonds. The van der Waals surface area contributed by atoms with Crippen LogP contribution in [0.15, 0.2) is 18.2 Å². The number of imide groups is 1. The number of benzene rings is 1. The number of carbonyl (C=O) groups excluding carboxylic acids is 3. The van der Waals surface area contributed by atoms with E-state index in [0.29, 0.717) is 28.6 Å². The lowest BCUT2D eigenvalue weighted by Crippen LogP contribution is -2.55. The highest BCUT2D eigenvalue weighted by atomic mass is 35.5. The third-order valence-electron chi connectivity index (χ3n) is 6.07. The van der Waals surface area contributed by atoms with Crippen molar-refractivity contribution in [2.24, 2.45) is 17.8 Å². The van der Waals surface area contributed by atoms with Gasteiger partial charge >= 0.3 is 0 Å². The van der Waals surface area contributed by atoms with Gasteiger partial charge in [-0.15, -0.1) is 0 Å². The molecule has 4 rings (SSSR count). The monoisotopic (exact) mass is 403 g/mol. The number of carbonyl (C=O) groups is 3. The highest BCUT2D eigenvalue weighted by Gasteiger charge is 2.71. The fourth-order valence-corrected chi connectivity index (χ4v) is 5.32. The van der Waals surface area contributed by atoms with Gasteiger partial charge in [0.05, 0.1) is 11.8 Å². The summed E-state index contributed by atoms with van der Waals surface area (Å²) in [4.78, 5) is 41.5. The van der Waals surface area contributed by atoms with Gasteiger partial charge in [-0.1, -0.05) is 25.4 Å². The number of halogens is 1. The Morgan fingerprint density at radius 1 is 1.18 bits per heavy atom. The van der Waals surface area contributed by atoms with Crippen LogP contribution in [0.1, 0.15) is 46.6 Å². The minimum absolute atomic E-state index is 0.194. The SMILES string of the molecule is CC(C)CC1NC2(C(=O)Nc3ccc(Cl)cc32)[C@@H]2C(=O)N(C(C)(C)C)C(=O)[C@H]12. The molecule has 1 spiro atoms. The number of nitrogens with one attached hydrogen (secondary N) is 2. The molecule has 3 aliphatic heterocycles. The van der Waals surface area contributed by atoms with Crippen molar-refractivity contribution in [1.29, 1.82) is 0 Å². The van der Waals surface area contributed by atoms with Gasteiger partial charge in [-0.25, -0.2) is 0 Å². The second kappa shape index (κ2) is 6.04. The average Bonchev–Trinajstić information content (AvgIpc) is 3.12. The second-order valence-electron chi connectivity index (χ2n) is 9.52.